The van der Waals surface area contributed by atoms with Crippen LogP contribution < -0.4 is 11.1 Å². The Balaban J connectivity index is 2.64. The maximum absolute atomic E-state index is 11.8. The Morgan fingerprint density at radius 3 is 2.88 bits per heavy atom. The second kappa shape index (κ2) is 6.74. The molecule has 0 saturated carbocycles. The van der Waals surface area contributed by atoms with Crippen molar-refractivity contribution in [2.75, 3.05) is 11.9 Å². The van der Waals surface area contributed by atoms with Crippen molar-refractivity contribution in [2.24, 2.45) is 11.7 Å². The Labute approximate surface area is 110 Å². The fourth-order valence-electron chi connectivity index (χ4n) is 1.23. The van der Waals surface area contributed by atoms with E-state index >= 15 is 0 Å². The third kappa shape index (κ3) is 4.11. The molecule has 0 aliphatic carbocycles. The summed E-state index contributed by atoms with van der Waals surface area (Å²) in [5.41, 5.74) is 5.38. The van der Waals surface area contributed by atoms with E-state index in [9.17, 15) is 4.79 Å². The van der Waals surface area contributed by atoms with E-state index in [-0.39, 0.29) is 27.8 Å². The zero-order valence-corrected chi connectivity index (χ0v) is 10.9. The summed E-state index contributed by atoms with van der Waals surface area (Å²) in [5, 5.41) is 2.88. The second-order valence-electron chi connectivity index (χ2n) is 3.65. The Bertz CT molecular complexity index is 400. The Hall–Kier alpha value is -0.910. The molecular formula is C10H14Cl2N4O. The minimum absolute atomic E-state index is 0.117. The van der Waals surface area contributed by atoms with Gasteiger partial charge in [-0.15, -0.1) is 0 Å². The van der Waals surface area contributed by atoms with E-state index < -0.39 is 0 Å². The molecule has 1 aromatic heterocycles. The molecule has 1 heterocycles. The zero-order chi connectivity index (χ0) is 12.8. The number of carbonyl (C=O) groups is 1. The topological polar surface area (TPSA) is 80.9 Å². The number of nitrogens with one attached hydrogen (secondary N) is 1. The van der Waals surface area contributed by atoms with Gasteiger partial charge in [-0.1, -0.05) is 30.1 Å². The molecule has 7 heteroatoms. The first-order chi connectivity index (χ1) is 8.06. The van der Waals surface area contributed by atoms with Gasteiger partial charge in [-0.2, -0.15) is 0 Å². The van der Waals surface area contributed by atoms with Crippen molar-refractivity contribution in [1.82, 2.24) is 9.97 Å². The molecule has 0 aromatic carbocycles. The smallest absolute Gasteiger partial charge is 0.228 e. The Kier molecular flexibility index (Phi) is 5.61. The van der Waals surface area contributed by atoms with Crippen molar-refractivity contribution in [1.29, 1.82) is 0 Å². The summed E-state index contributed by atoms with van der Waals surface area (Å²) in [6.07, 6.45) is 2.76. The largest absolute Gasteiger partial charge is 0.330 e. The number of aromatic nitrogens is 2. The highest BCUT2D eigenvalue weighted by Crippen LogP contribution is 2.25. The summed E-state index contributed by atoms with van der Waals surface area (Å²) >= 11 is 11.6. The first kappa shape index (κ1) is 14.2. The predicted octanol–water partition coefficient (Wildman–Crippen LogP) is 2.10. The van der Waals surface area contributed by atoms with E-state index in [2.05, 4.69) is 15.3 Å². The number of nitrogens with two attached hydrogens (primary N) is 1. The summed E-state index contributed by atoms with van der Waals surface area (Å²) in [6, 6.07) is 0. The van der Waals surface area contributed by atoms with Gasteiger partial charge >= 0.3 is 0 Å². The van der Waals surface area contributed by atoms with Crippen LogP contribution in [0.4, 0.5) is 5.82 Å². The van der Waals surface area contributed by atoms with Gasteiger partial charge in [-0.3, -0.25) is 4.79 Å². The lowest BCUT2D eigenvalue weighted by molar-refractivity contribution is -0.119. The van der Waals surface area contributed by atoms with Crippen LogP contribution >= 0.6 is 23.2 Å². The molecule has 5 nitrogen and oxygen atoms in total. The molecule has 1 unspecified atom stereocenters. The number of amides is 1. The normalized spacial score (nSPS) is 12.2. The van der Waals surface area contributed by atoms with Crippen LogP contribution in [0.3, 0.4) is 0 Å². The Morgan fingerprint density at radius 2 is 2.24 bits per heavy atom. The van der Waals surface area contributed by atoms with Gasteiger partial charge in [-0.25, -0.2) is 9.97 Å². The molecule has 0 aliphatic rings. The van der Waals surface area contributed by atoms with Crippen LogP contribution in [0.2, 0.25) is 10.2 Å². The molecule has 0 bridgehead atoms. The standard InChI is InChI=1S/C10H14Cl2N4O/c1-6(3-2-4-13)10(17)16-9-7(11)8(12)14-5-15-9/h5-6H,2-4,13H2,1H3,(H,14,15,16,17). The van der Waals surface area contributed by atoms with Gasteiger partial charge < -0.3 is 11.1 Å². The molecule has 3 N–H and O–H groups in total. The molecule has 0 fully saturated rings. The van der Waals surface area contributed by atoms with Crippen molar-refractivity contribution in [3.05, 3.63) is 16.5 Å². The van der Waals surface area contributed by atoms with E-state index in [0.717, 1.165) is 12.8 Å². The summed E-state index contributed by atoms with van der Waals surface area (Å²) < 4.78 is 0. The molecule has 0 saturated heterocycles. The predicted molar refractivity (Wildman–Crippen MR) is 68.1 cm³/mol. The maximum Gasteiger partial charge on any atom is 0.228 e. The molecule has 0 radical (unpaired) electrons. The molecule has 0 aliphatic heterocycles. The zero-order valence-electron chi connectivity index (χ0n) is 9.41. The lowest BCUT2D eigenvalue weighted by Crippen LogP contribution is -2.22. The molecule has 17 heavy (non-hydrogen) atoms. The monoisotopic (exact) mass is 276 g/mol. The molecule has 1 aromatic rings. The van der Waals surface area contributed by atoms with Crippen LogP contribution in [0.1, 0.15) is 19.8 Å². The van der Waals surface area contributed by atoms with E-state index in [0.29, 0.717) is 6.54 Å². The summed E-state index contributed by atoms with van der Waals surface area (Å²) in [7, 11) is 0. The minimum Gasteiger partial charge on any atom is -0.330 e. The van der Waals surface area contributed by atoms with Crippen molar-refractivity contribution >= 4 is 34.9 Å². The molecule has 0 spiro atoms. The second-order valence-corrected chi connectivity index (χ2v) is 4.38. The van der Waals surface area contributed by atoms with Crippen LogP contribution in [0, 0.1) is 5.92 Å². The number of halogens is 2. The van der Waals surface area contributed by atoms with Crippen molar-refractivity contribution in [2.45, 2.75) is 19.8 Å². The van der Waals surface area contributed by atoms with Gasteiger partial charge in [-0.05, 0) is 19.4 Å². The SMILES string of the molecule is CC(CCCN)C(=O)Nc1ncnc(Cl)c1Cl. The summed E-state index contributed by atoms with van der Waals surface area (Å²) in [5.74, 6) is -0.0743. The molecular weight excluding hydrogens is 263 g/mol. The van der Waals surface area contributed by atoms with E-state index in [4.69, 9.17) is 28.9 Å². The average Bonchev–Trinajstić information content (AvgIpc) is 2.31. The summed E-state index contributed by atoms with van der Waals surface area (Å²) in [6.45, 7) is 2.39. The molecule has 1 rings (SSSR count). The lowest BCUT2D eigenvalue weighted by atomic mass is 10.1. The van der Waals surface area contributed by atoms with Gasteiger partial charge in [0.2, 0.25) is 5.91 Å². The first-order valence-electron chi connectivity index (χ1n) is 5.23. The maximum atomic E-state index is 11.8. The van der Waals surface area contributed by atoms with Crippen molar-refractivity contribution < 1.29 is 4.79 Å². The van der Waals surface area contributed by atoms with Crippen LogP contribution in [-0.4, -0.2) is 22.4 Å². The fraction of sp³-hybridized carbons (Fsp3) is 0.500. The van der Waals surface area contributed by atoms with Gasteiger partial charge in [0.15, 0.2) is 11.0 Å². The third-order valence-corrected chi connectivity index (χ3v) is 3.02. The number of rotatable bonds is 5. The lowest BCUT2D eigenvalue weighted by Gasteiger charge is -2.11. The van der Waals surface area contributed by atoms with Crippen LogP contribution in [0.25, 0.3) is 0 Å². The van der Waals surface area contributed by atoms with Crippen LogP contribution in [0.5, 0.6) is 0 Å². The number of carbonyl (C=O) groups excluding carboxylic acids is 1. The number of hydrogen-bond donors (Lipinski definition) is 2. The minimum atomic E-state index is -0.157. The molecule has 1 amide bonds. The number of hydrogen-bond acceptors (Lipinski definition) is 4. The van der Waals surface area contributed by atoms with Gasteiger partial charge in [0.1, 0.15) is 11.3 Å². The van der Waals surface area contributed by atoms with Gasteiger partial charge in [0, 0.05) is 5.92 Å². The number of anilines is 1. The van der Waals surface area contributed by atoms with E-state index in [1.807, 2.05) is 6.92 Å². The van der Waals surface area contributed by atoms with Crippen molar-refractivity contribution in [3.63, 3.8) is 0 Å². The number of nitrogens with zero attached hydrogens (tertiary/aromatic N) is 2. The highest BCUT2D eigenvalue weighted by molar-refractivity contribution is 6.42. The average molecular weight is 277 g/mol. The van der Waals surface area contributed by atoms with Crippen LogP contribution in [0.15, 0.2) is 6.33 Å². The summed E-state index contributed by atoms with van der Waals surface area (Å²) in [4.78, 5) is 19.3. The van der Waals surface area contributed by atoms with Crippen molar-refractivity contribution in [3.8, 4) is 0 Å². The third-order valence-electron chi connectivity index (χ3n) is 2.28. The molecule has 94 valence electrons. The van der Waals surface area contributed by atoms with Gasteiger partial charge in [0.05, 0.1) is 0 Å². The van der Waals surface area contributed by atoms with E-state index in [1.54, 1.807) is 0 Å². The van der Waals surface area contributed by atoms with Crippen LogP contribution in [-0.2, 0) is 4.79 Å². The highest BCUT2D eigenvalue weighted by atomic mass is 35.5. The van der Waals surface area contributed by atoms with E-state index in [1.165, 1.54) is 6.33 Å². The van der Waals surface area contributed by atoms with Gasteiger partial charge in [0.25, 0.3) is 0 Å². The fourth-order valence-corrected chi connectivity index (χ4v) is 1.51. The Morgan fingerprint density at radius 1 is 1.53 bits per heavy atom. The first-order valence-corrected chi connectivity index (χ1v) is 5.98. The highest BCUT2D eigenvalue weighted by Gasteiger charge is 2.15. The quantitative estimate of drug-likeness (QED) is 0.807. The molecule has 1 atom stereocenters.